The highest BCUT2D eigenvalue weighted by Gasteiger charge is 2.30. The molecule has 0 aliphatic carbocycles. The minimum Gasteiger partial charge on any atom is -0.489 e. The molecule has 6 aromatic rings. The van der Waals surface area contributed by atoms with Crippen LogP contribution in [0.1, 0.15) is 30.4 Å². The van der Waals surface area contributed by atoms with Crippen LogP contribution in [-0.2, 0) is 36.9 Å². The largest absolute Gasteiger partial charge is 0.489 e. The molecule has 66 heavy (non-hydrogen) atoms. The van der Waals surface area contributed by atoms with Crippen molar-refractivity contribution in [1.82, 2.24) is 16.0 Å². The first kappa shape index (κ1) is 49.4. The van der Waals surface area contributed by atoms with Crippen LogP contribution in [0.4, 0.5) is 0 Å². The number of nitrogens with zero attached hydrogens (tertiary/aromatic N) is 1. The number of benzene rings is 6. The van der Waals surface area contributed by atoms with Gasteiger partial charge in [0.2, 0.25) is 11.8 Å². The monoisotopic (exact) mass is 910 g/mol. The maximum absolute atomic E-state index is 14.3. The van der Waals surface area contributed by atoms with E-state index >= 15 is 0 Å². The van der Waals surface area contributed by atoms with Crippen molar-refractivity contribution in [3.63, 3.8) is 0 Å². The summed E-state index contributed by atoms with van der Waals surface area (Å²) in [5.41, 5.74) is 14.1. The lowest BCUT2D eigenvalue weighted by Crippen LogP contribution is -2.56. The van der Waals surface area contributed by atoms with Crippen LogP contribution in [-0.4, -0.2) is 67.5 Å². The molecule has 14 heteroatoms. The molecule has 0 spiro atoms. The molecule has 0 fully saturated rings. The number of fused-ring (bicyclic) bond motifs is 2. The van der Waals surface area contributed by atoms with Crippen LogP contribution in [0.25, 0.3) is 32.7 Å². The smallest absolute Gasteiger partial charge is 0.329 e. The molecule has 6 aromatic carbocycles. The van der Waals surface area contributed by atoms with E-state index in [1.54, 1.807) is 6.08 Å². The summed E-state index contributed by atoms with van der Waals surface area (Å²) in [6, 6.07) is 38.4. The Labute approximate surface area is 390 Å². The SMILES string of the molecule is C=CCOc1ccc2ccccc2c1-c1c(OCC(=O)N[C@H](Cc2ccccc2)C(=O)N[C@H](CCCN=C(N)N)C(=O)N[C@@H](CC=C)C(=O)OCc2ccccc2)ccc2ccccc12.Cl. The van der Waals surface area contributed by atoms with Gasteiger partial charge in [-0.2, -0.15) is 0 Å². The molecule has 0 unspecified atom stereocenters. The fourth-order valence-corrected chi connectivity index (χ4v) is 7.37. The Balaban J connectivity index is 0.00000817. The number of hydrogen-bond acceptors (Lipinski definition) is 8. The number of ether oxygens (including phenoxy) is 3. The molecule has 0 radical (unpaired) electrons. The Kier molecular flexibility index (Phi) is 18.7. The van der Waals surface area contributed by atoms with Gasteiger partial charge in [0.05, 0.1) is 0 Å². The Morgan fingerprint density at radius 1 is 0.621 bits per heavy atom. The van der Waals surface area contributed by atoms with Gasteiger partial charge in [-0.05, 0) is 64.1 Å². The van der Waals surface area contributed by atoms with E-state index in [0.717, 1.165) is 43.8 Å². The lowest BCUT2D eigenvalue weighted by Gasteiger charge is -2.25. The highest BCUT2D eigenvalue weighted by Crippen LogP contribution is 2.45. The molecule has 0 aromatic heterocycles. The van der Waals surface area contributed by atoms with Crippen molar-refractivity contribution in [1.29, 1.82) is 0 Å². The maximum Gasteiger partial charge on any atom is 0.329 e. The summed E-state index contributed by atoms with van der Waals surface area (Å²) < 4.78 is 18.1. The first-order chi connectivity index (χ1) is 31.6. The first-order valence-electron chi connectivity index (χ1n) is 21.4. The topological polar surface area (TPSA) is 196 Å². The summed E-state index contributed by atoms with van der Waals surface area (Å²) >= 11 is 0. The molecule has 0 heterocycles. The van der Waals surface area contributed by atoms with E-state index in [9.17, 15) is 19.2 Å². The zero-order valence-corrected chi connectivity index (χ0v) is 37.3. The molecular formula is C52H55ClN6O7. The minimum absolute atomic E-state index is 0. The third-order valence-corrected chi connectivity index (χ3v) is 10.5. The number of esters is 1. The van der Waals surface area contributed by atoms with Gasteiger partial charge in [-0.1, -0.05) is 140 Å². The average molecular weight is 911 g/mol. The van der Waals surface area contributed by atoms with Gasteiger partial charge in [-0.25, -0.2) is 4.79 Å². The van der Waals surface area contributed by atoms with Crippen LogP contribution in [0.2, 0.25) is 0 Å². The van der Waals surface area contributed by atoms with Crippen LogP contribution in [0, 0.1) is 0 Å². The number of rotatable bonds is 23. The normalized spacial score (nSPS) is 12.0. The van der Waals surface area contributed by atoms with Gasteiger partial charge in [0, 0.05) is 24.1 Å². The van der Waals surface area contributed by atoms with Gasteiger partial charge in [0.25, 0.3) is 5.91 Å². The number of halogens is 1. The zero-order valence-electron chi connectivity index (χ0n) is 36.5. The van der Waals surface area contributed by atoms with Crippen LogP contribution >= 0.6 is 12.4 Å². The van der Waals surface area contributed by atoms with Gasteiger partial charge in [-0.15, -0.1) is 19.0 Å². The molecular weight excluding hydrogens is 856 g/mol. The summed E-state index contributed by atoms with van der Waals surface area (Å²) in [6.07, 6.45) is 3.73. The lowest BCUT2D eigenvalue weighted by molar-refractivity contribution is -0.149. The number of amides is 3. The number of aliphatic imine (C=N–C) groups is 1. The van der Waals surface area contributed by atoms with E-state index in [0.29, 0.717) is 17.9 Å². The van der Waals surface area contributed by atoms with Crippen LogP contribution in [0.15, 0.2) is 164 Å². The molecule has 0 bridgehead atoms. The second-order valence-corrected chi connectivity index (χ2v) is 15.2. The molecule has 0 saturated carbocycles. The van der Waals surface area contributed by atoms with E-state index < -0.39 is 48.4 Å². The maximum atomic E-state index is 14.3. The molecule has 7 N–H and O–H groups in total. The predicted molar refractivity (Wildman–Crippen MR) is 262 cm³/mol. The number of hydrogen-bond donors (Lipinski definition) is 5. The average Bonchev–Trinajstić information content (AvgIpc) is 3.32. The summed E-state index contributed by atoms with van der Waals surface area (Å²) in [5, 5.41) is 12.2. The highest BCUT2D eigenvalue weighted by molar-refractivity contribution is 6.10. The number of carbonyl (C=O) groups excluding carboxylic acids is 4. The first-order valence-corrected chi connectivity index (χ1v) is 21.4. The van der Waals surface area contributed by atoms with E-state index in [-0.39, 0.29) is 57.4 Å². The minimum atomic E-state index is -1.16. The second kappa shape index (κ2) is 25.0. The van der Waals surface area contributed by atoms with Gasteiger partial charge in [0.15, 0.2) is 12.6 Å². The third kappa shape index (κ3) is 13.7. The molecule has 0 aliphatic heterocycles. The molecule has 13 nitrogen and oxygen atoms in total. The lowest BCUT2D eigenvalue weighted by atomic mass is 9.92. The van der Waals surface area contributed by atoms with Gasteiger partial charge >= 0.3 is 5.97 Å². The fourth-order valence-electron chi connectivity index (χ4n) is 7.37. The van der Waals surface area contributed by atoms with Crippen molar-refractivity contribution in [2.24, 2.45) is 16.5 Å². The fraction of sp³-hybridized carbons (Fsp3) is 0.212. The Hall–Kier alpha value is -7.64. The predicted octanol–water partition coefficient (Wildman–Crippen LogP) is 7.10. The van der Waals surface area contributed by atoms with Gasteiger partial charge in [0.1, 0.15) is 42.8 Å². The second-order valence-electron chi connectivity index (χ2n) is 15.2. The van der Waals surface area contributed by atoms with Gasteiger partial charge < -0.3 is 41.6 Å². The van der Waals surface area contributed by atoms with Gasteiger partial charge in [-0.3, -0.25) is 19.4 Å². The van der Waals surface area contributed by atoms with E-state index in [1.165, 1.54) is 6.08 Å². The molecule has 3 atom stereocenters. The molecule has 6 rings (SSSR count). The van der Waals surface area contributed by atoms with Crippen LogP contribution in [0.3, 0.4) is 0 Å². The summed E-state index contributed by atoms with van der Waals surface area (Å²) in [6.45, 7) is 7.57. The number of nitrogens with one attached hydrogen (secondary N) is 3. The highest BCUT2D eigenvalue weighted by atomic mass is 35.5. The van der Waals surface area contributed by atoms with Crippen molar-refractivity contribution in [3.05, 3.63) is 170 Å². The van der Waals surface area contributed by atoms with Crippen molar-refractivity contribution in [2.45, 2.75) is 50.4 Å². The van der Waals surface area contributed by atoms with E-state index in [2.05, 4.69) is 34.1 Å². The molecule has 342 valence electrons. The number of carbonyl (C=O) groups is 4. The van der Waals surface area contributed by atoms with Crippen molar-refractivity contribution in [3.8, 4) is 22.6 Å². The summed E-state index contributed by atoms with van der Waals surface area (Å²) in [5.74, 6) is -1.61. The third-order valence-electron chi connectivity index (χ3n) is 10.5. The van der Waals surface area contributed by atoms with Crippen LogP contribution < -0.4 is 36.9 Å². The van der Waals surface area contributed by atoms with Crippen molar-refractivity contribution >= 4 is 63.6 Å². The standard InChI is InChI=1S/C52H54N6O7.ClH/c1-3-16-42(51(62)65-33-36-19-9-6-10-20-36)58-49(60)41(25-15-30-55-52(53)54)57-50(61)43(32-35-17-7-5-8-18-35)56-46(59)34-64-45-29-27-38-22-12-14-24-40(38)48(45)47-39-23-13-11-21-37(39)26-28-44(47)63-31-4-2;/h3-14,17-24,26-29,41-43H,1-2,15-16,25,30-34H2,(H,56,59)(H,57,61)(H,58,60)(H4,53,54,55);1H/t41-,42+,43-;/m1./s1. The Morgan fingerprint density at radius 3 is 1.76 bits per heavy atom. The quantitative estimate of drug-likeness (QED) is 0.0147. The van der Waals surface area contributed by atoms with Crippen LogP contribution in [0.5, 0.6) is 11.5 Å². The molecule has 0 saturated heterocycles. The summed E-state index contributed by atoms with van der Waals surface area (Å²) in [7, 11) is 0. The Bertz CT molecular complexity index is 2640. The van der Waals surface area contributed by atoms with E-state index in [4.69, 9.17) is 25.7 Å². The molecule has 0 aliphatic rings. The van der Waals surface area contributed by atoms with Crippen molar-refractivity contribution < 1.29 is 33.4 Å². The zero-order chi connectivity index (χ0) is 46.0. The van der Waals surface area contributed by atoms with Crippen molar-refractivity contribution in [2.75, 3.05) is 19.8 Å². The number of guanidine groups is 1. The van der Waals surface area contributed by atoms with E-state index in [1.807, 2.05) is 133 Å². The number of nitrogens with two attached hydrogens (primary N) is 2. The molecule has 3 amide bonds. The Morgan fingerprint density at radius 2 is 1.17 bits per heavy atom. The summed E-state index contributed by atoms with van der Waals surface area (Å²) in [4.78, 5) is 59.5.